The van der Waals surface area contributed by atoms with E-state index in [0.29, 0.717) is 0 Å². The van der Waals surface area contributed by atoms with Gasteiger partial charge in [0.05, 0.1) is 5.69 Å². The molecule has 0 bridgehead atoms. The highest BCUT2D eigenvalue weighted by atomic mass is 16.5. The van der Waals surface area contributed by atoms with E-state index >= 15 is 0 Å². The summed E-state index contributed by atoms with van der Waals surface area (Å²) in [6.07, 6.45) is 0. The van der Waals surface area contributed by atoms with Crippen LogP contribution in [0.25, 0.3) is 0 Å². The predicted molar refractivity (Wildman–Crippen MR) is 67.1 cm³/mol. The first-order valence-corrected chi connectivity index (χ1v) is 5.46. The molecule has 0 heterocycles. The highest BCUT2D eigenvalue weighted by Gasteiger charge is 2.02. The number of para-hydroxylation sites is 3. The Hall–Kier alpha value is -1.96. The number of hydrogen-bond donors (Lipinski definition) is 1. The van der Waals surface area contributed by atoms with Crippen LogP contribution in [0.5, 0.6) is 11.5 Å². The van der Waals surface area contributed by atoms with Crippen LogP contribution in [0.2, 0.25) is 0 Å². The molecule has 2 nitrogen and oxygen atoms in total. The lowest BCUT2D eigenvalue weighted by Gasteiger charge is -2.11. The number of rotatable bonds is 4. The van der Waals surface area contributed by atoms with Crippen molar-refractivity contribution >= 4 is 5.69 Å². The molecule has 82 valence electrons. The summed E-state index contributed by atoms with van der Waals surface area (Å²) >= 11 is 0. The van der Waals surface area contributed by atoms with Crippen molar-refractivity contribution < 1.29 is 4.74 Å². The van der Waals surface area contributed by atoms with Crippen LogP contribution < -0.4 is 10.1 Å². The number of ether oxygens (including phenoxy) is 1. The van der Waals surface area contributed by atoms with Gasteiger partial charge < -0.3 is 10.1 Å². The van der Waals surface area contributed by atoms with Gasteiger partial charge in [-0.05, 0) is 31.2 Å². The van der Waals surface area contributed by atoms with Crippen LogP contribution in [0.15, 0.2) is 54.6 Å². The Kier molecular flexibility index (Phi) is 3.44. The minimum atomic E-state index is 0.854. The van der Waals surface area contributed by atoms with Crippen molar-refractivity contribution in [2.45, 2.75) is 6.92 Å². The van der Waals surface area contributed by atoms with E-state index in [1.54, 1.807) is 0 Å². The third kappa shape index (κ3) is 2.54. The summed E-state index contributed by atoms with van der Waals surface area (Å²) < 4.78 is 5.80. The zero-order chi connectivity index (χ0) is 11.2. The van der Waals surface area contributed by atoms with Gasteiger partial charge in [0, 0.05) is 6.54 Å². The second kappa shape index (κ2) is 5.21. The highest BCUT2D eigenvalue weighted by molar-refractivity contribution is 5.57. The molecule has 0 aliphatic rings. The number of benzene rings is 2. The lowest BCUT2D eigenvalue weighted by atomic mass is 10.3. The summed E-state index contributed by atoms with van der Waals surface area (Å²) in [6.45, 7) is 2.95. The van der Waals surface area contributed by atoms with Gasteiger partial charge in [0.1, 0.15) is 5.75 Å². The maximum atomic E-state index is 5.80. The van der Waals surface area contributed by atoms with E-state index in [2.05, 4.69) is 12.2 Å². The molecule has 0 radical (unpaired) electrons. The summed E-state index contributed by atoms with van der Waals surface area (Å²) in [4.78, 5) is 0. The molecular weight excluding hydrogens is 198 g/mol. The topological polar surface area (TPSA) is 21.3 Å². The molecule has 0 fully saturated rings. The number of anilines is 1. The summed E-state index contributed by atoms with van der Waals surface area (Å²) in [5.41, 5.74) is 1.02. The third-order valence-corrected chi connectivity index (χ3v) is 2.23. The fourth-order valence-corrected chi connectivity index (χ4v) is 1.51. The minimum absolute atomic E-state index is 0.854. The van der Waals surface area contributed by atoms with Crippen molar-refractivity contribution in [2.75, 3.05) is 11.9 Å². The fraction of sp³-hybridized carbons (Fsp3) is 0.143. The molecule has 16 heavy (non-hydrogen) atoms. The van der Waals surface area contributed by atoms with Gasteiger partial charge in [-0.25, -0.2) is 0 Å². The predicted octanol–water partition coefficient (Wildman–Crippen LogP) is 3.91. The molecule has 0 spiro atoms. The quantitative estimate of drug-likeness (QED) is 0.831. The third-order valence-electron chi connectivity index (χ3n) is 2.23. The molecule has 2 aromatic rings. The SMILES string of the molecule is CCNc1ccccc1Oc1ccccc1. The van der Waals surface area contributed by atoms with Crippen LogP contribution in [-0.4, -0.2) is 6.54 Å². The van der Waals surface area contributed by atoms with Crippen LogP contribution in [0.3, 0.4) is 0 Å². The normalized spacial score (nSPS) is 9.81. The maximum absolute atomic E-state index is 5.80. The lowest BCUT2D eigenvalue weighted by Crippen LogP contribution is -1.98. The first kappa shape index (κ1) is 10.6. The van der Waals surface area contributed by atoms with Gasteiger partial charge in [-0.15, -0.1) is 0 Å². The molecule has 0 aromatic heterocycles. The molecule has 0 amide bonds. The van der Waals surface area contributed by atoms with E-state index in [4.69, 9.17) is 4.74 Å². The van der Waals surface area contributed by atoms with Crippen molar-refractivity contribution in [1.29, 1.82) is 0 Å². The number of nitrogens with one attached hydrogen (secondary N) is 1. The maximum Gasteiger partial charge on any atom is 0.150 e. The fourth-order valence-electron chi connectivity index (χ4n) is 1.51. The Balaban J connectivity index is 2.21. The average molecular weight is 213 g/mol. The van der Waals surface area contributed by atoms with Gasteiger partial charge in [-0.1, -0.05) is 30.3 Å². The van der Waals surface area contributed by atoms with Crippen molar-refractivity contribution in [3.05, 3.63) is 54.6 Å². The molecule has 2 heteroatoms. The Bertz CT molecular complexity index is 439. The van der Waals surface area contributed by atoms with Crippen molar-refractivity contribution in [3.8, 4) is 11.5 Å². The van der Waals surface area contributed by atoms with Gasteiger partial charge in [-0.3, -0.25) is 0 Å². The summed E-state index contributed by atoms with van der Waals surface area (Å²) in [5.74, 6) is 1.71. The Labute approximate surface area is 95.9 Å². The molecular formula is C14H15NO. The first-order chi connectivity index (χ1) is 7.90. The van der Waals surface area contributed by atoms with E-state index in [1.165, 1.54) is 0 Å². The first-order valence-electron chi connectivity index (χ1n) is 5.46. The van der Waals surface area contributed by atoms with Crippen LogP contribution >= 0.6 is 0 Å². The molecule has 0 saturated carbocycles. The van der Waals surface area contributed by atoms with Crippen LogP contribution in [0, 0.1) is 0 Å². The van der Waals surface area contributed by atoms with Crippen LogP contribution in [0.4, 0.5) is 5.69 Å². The summed E-state index contributed by atoms with van der Waals surface area (Å²) in [7, 11) is 0. The molecule has 0 unspecified atom stereocenters. The molecule has 2 aromatic carbocycles. The molecule has 0 aliphatic carbocycles. The summed E-state index contributed by atoms with van der Waals surface area (Å²) in [6, 6.07) is 17.7. The Morgan fingerprint density at radius 3 is 2.38 bits per heavy atom. The van der Waals surface area contributed by atoms with E-state index < -0.39 is 0 Å². The Morgan fingerprint density at radius 2 is 1.62 bits per heavy atom. The molecule has 2 rings (SSSR count). The molecule has 1 N–H and O–H groups in total. The van der Waals surface area contributed by atoms with E-state index in [0.717, 1.165) is 23.7 Å². The van der Waals surface area contributed by atoms with Crippen molar-refractivity contribution in [3.63, 3.8) is 0 Å². The average Bonchev–Trinajstić information content (AvgIpc) is 2.33. The van der Waals surface area contributed by atoms with Crippen molar-refractivity contribution in [1.82, 2.24) is 0 Å². The smallest absolute Gasteiger partial charge is 0.150 e. The Morgan fingerprint density at radius 1 is 0.938 bits per heavy atom. The highest BCUT2D eigenvalue weighted by Crippen LogP contribution is 2.28. The summed E-state index contributed by atoms with van der Waals surface area (Å²) in [5, 5.41) is 3.27. The zero-order valence-electron chi connectivity index (χ0n) is 9.31. The van der Waals surface area contributed by atoms with E-state index in [1.807, 2.05) is 54.6 Å². The van der Waals surface area contributed by atoms with Gasteiger partial charge in [-0.2, -0.15) is 0 Å². The molecule has 0 saturated heterocycles. The second-order valence-corrected chi connectivity index (χ2v) is 3.44. The van der Waals surface area contributed by atoms with Crippen molar-refractivity contribution in [2.24, 2.45) is 0 Å². The standard InChI is InChI=1S/C14H15NO/c1-2-15-13-10-6-7-11-14(13)16-12-8-4-3-5-9-12/h3-11,15H,2H2,1H3. The largest absolute Gasteiger partial charge is 0.455 e. The van der Waals surface area contributed by atoms with Crippen LogP contribution in [0.1, 0.15) is 6.92 Å². The molecule has 0 aliphatic heterocycles. The monoisotopic (exact) mass is 213 g/mol. The van der Waals surface area contributed by atoms with Gasteiger partial charge in [0.25, 0.3) is 0 Å². The van der Waals surface area contributed by atoms with Gasteiger partial charge in [0.15, 0.2) is 5.75 Å². The van der Waals surface area contributed by atoms with Gasteiger partial charge >= 0.3 is 0 Å². The van der Waals surface area contributed by atoms with Gasteiger partial charge in [0.2, 0.25) is 0 Å². The zero-order valence-corrected chi connectivity index (χ0v) is 9.31. The second-order valence-electron chi connectivity index (χ2n) is 3.44. The molecule has 0 atom stereocenters. The van der Waals surface area contributed by atoms with Crippen LogP contribution in [-0.2, 0) is 0 Å². The van der Waals surface area contributed by atoms with E-state index in [9.17, 15) is 0 Å². The van der Waals surface area contributed by atoms with E-state index in [-0.39, 0.29) is 0 Å². The minimum Gasteiger partial charge on any atom is -0.455 e. The number of hydrogen-bond acceptors (Lipinski definition) is 2. The lowest BCUT2D eigenvalue weighted by molar-refractivity contribution is 0.484.